The first-order chi connectivity index (χ1) is 14.2. The summed E-state index contributed by atoms with van der Waals surface area (Å²) in [6.07, 6.45) is 1.01. The van der Waals surface area contributed by atoms with Gasteiger partial charge in [0.2, 0.25) is 15.9 Å². The zero-order valence-corrected chi connectivity index (χ0v) is 18.0. The summed E-state index contributed by atoms with van der Waals surface area (Å²) in [5.74, 6) is -0.706. The van der Waals surface area contributed by atoms with Crippen molar-refractivity contribution in [1.29, 1.82) is 0 Å². The number of rotatable bonds is 6. The van der Waals surface area contributed by atoms with E-state index in [2.05, 4.69) is 14.9 Å². The molecule has 2 aromatic carbocycles. The number of hydrogen-bond acceptors (Lipinski definition) is 5. The molecule has 160 valence electrons. The van der Waals surface area contributed by atoms with Gasteiger partial charge in [-0.05, 0) is 36.4 Å². The zero-order chi connectivity index (χ0) is 21.7. The van der Waals surface area contributed by atoms with Crippen LogP contribution in [0.25, 0.3) is 0 Å². The molecular weight excluding hydrogens is 428 g/mol. The molecule has 0 radical (unpaired) electrons. The first kappa shape index (κ1) is 21.9. The fourth-order valence-electron chi connectivity index (χ4n) is 3.20. The second-order valence-electron chi connectivity index (χ2n) is 6.95. The summed E-state index contributed by atoms with van der Waals surface area (Å²) in [5, 5.41) is 3.26. The van der Waals surface area contributed by atoms with Crippen LogP contribution in [0, 0.1) is 0 Å². The molecule has 1 fully saturated rings. The first-order valence-corrected chi connectivity index (χ1v) is 11.6. The van der Waals surface area contributed by atoms with E-state index in [0.717, 1.165) is 11.9 Å². The van der Waals surface area contributed by atoms with Gasteiger partial charge in [-0.1, -0.05) is 23.7 Å². The van der Waals surface area contributed by atoms with E-state index in [9.17, 15) is 18.0 Å². The van der Waals surface area contributed by atoms with Crippen molar-refractivity contribution >= 4 is 44.8 Å². The lowest BCUT2D eigenvalue weighted by molar-refractivity contribution is -0.130. The van der Waals surface area contributed by atoms with Gasteiger partial charge in [0, 0.05) is 36.9 Å². The Kier molecular flexibility index (Phi) is 6.84. The van der Waals surface area contributed by atoms with Crippen molar-refractivity contribution in [1.82, 2.24) is 10.2 Å². The number of halogens is 1. The average Bonchev–Trinajstić information content (AvgIpc) is 2.72. The van der Waals surface area contributed by atoms with Crippen LogP contribution in [0.3, 0.4) is 0 Å². The number of sulfonamides is 1. The SMILES string of the molecule is CS(=O)(=O)Nc1ccccc1C(=O)NCC(=O)N1CCN(c2ccc(Cl)cc2)CC1. The average molecular weight is 451 g/mol. The molecule has 0 unspecified atom stereocenters. The zero-order valence-electron chi connectivity index (χ0n) is 16.5. The Balaban J connectivity index is 1.53. The lowest BCUT2D eigenvalue weighted by Gasteiger charge is -2.36. The summed E-state index contributed by atoms with van der Waals surface area (Å²) in [7, 11) is -3.53. The minimum Gasteiger partial charge on any atom is -0.368 e. The predicted octanol–water partition coefficient (Wildman–Crippen LogP) is 1.79. The van der Waals surface area contributed by atoms with Crippen LogP contribution in [0.4, 0.5) is 11.4 Å². The van der Waals surface area contributed by atoms with Crippen molar-refractivity contribution in [2.45, 2.75) is 0 Å². The molecule has 0 saturated carbocycles. The van der Waals surface area contributed by atoms with Crippen molar-refractivity contribution < 1.29 is 18.0 Å². The van der Waals surface area contributed by atoms with Gasteiger partial charge in [-0.3, -0.25) is 14.3 Å². The largest absolute Gasteiger partial charge is 0.368 e. The van der Waals surface area contributed by atoms with Crippen LogP contribution in [-0.4, -0.2) is 64.1 Å². The Labute approximate surface area is 180 Å². The number of nitrogens with one attached hydrogen (secondary N) is 2. The molecule has 3 rings (SSSR count). The number of benzene rings is 2. The number of carbonyl (C=O) groups is 2. The highest BCUT2D eigenvalue weighted by molar-refractivity contribution is 7.92. The maximum absolute atomic E-state index is 12.5. The lowest BCUT2D eigenvalue weighted by Crippen LogP contribution is -2.51. The number of carbonyl (C=O) groups excluding carboxylic acids is 2. The molecule has 0 spiro atoms. The van der Waals surface area contributed by atoms with Crippen LogP contribution in [0.2, 0.25) is 5.02 Å². The number of para-hydroxylation sites is 1. The molecule has 30 heavy (non-hydrogen) atoms. The van der Waals surface area contributed by atoms with E-state index in [0.29, 0.717) is 31.2 Å². The minimum atomic E-state index is -3.53. The van der Waals surface area contributed by atoms with Crippen molar-refractivity contribution in [2.24, 2.45) is 0 Å². The van der Waals surface area contributed by atoms with Crippen molar-refractivity contribution in [2.75, 3.05) is 48.6 Å². The van der Waals surface area contributed by atoms with Gasteiger partial charge in [0.1, 0.15) is 0 Å². The molecule has 0 atom stereocenters. The fraction of sp³-hybridized carbons (Fsp3) is 0.300. The molecule has 0 aromatic heterocycles. The van der Waals surface area contributed by atoms with Crippen LogP contribution in [0.5, 0.6) is 0 Å². The maximum atomic E-state index is 12.5. The molecule has 10 heteroatoms. The number of nitrogens with zero attached hydrogens (tertiary/aromatic N) is 2. The summed E-state index contributed by atoms with van der Waals surface area (Å²) < 4.78 is 25.3. The number of anilines is 2. The van der Waals surface area contributed by atoms with Crippen molar-refractivity contribution in [3.8, 4) is 0 Å². The second kappa shape index (κ2) is 9.36. The highest BCUT2D eigenvalue weighted by Crippen LogP contribution is 2.19. The highest BCUT2D eigenvalue weighted by Gasteiger charge is 2.22. The molecule has 1 heterocycles. The van der Waals surface area contributed by atoms with Crippen LogP contribution < -0.4 is 14.9 Å². The molecule has 2 amide bonds. The fourth-order valence-corrected chi connectivity index (χ4v) is 3.90. The summed E-state index contributed by atoms with van der Waals surface area (Å²) in [6.45, 7) is 2.30. The van der Waals surface area contributed by atoms with Gasteiger partial charge < -0.3 is 15.1 Å². The van der Waals surface area contributed by atoms with Crippen LogP contribution >= 0.6 is 11.6 Å². The Bertz CT molecular complexity index is 1020. The van der Waals surface area contributed by atoms with E-state index < -0.39 is 15.9 Å². The van der Waals surface area contributed by atoms with Gasteiger partial charge in [-0.15, -0.1) is 0 Å². The van der Waals surface area contributed by atoms with Crippen LogP contribution in [0.15, 0.2) is 48.5 Å². The van der Waals surface area contributed by atoms with Gasteiger partial charge in [-0.25, -0.2) is 8.42 Å². The Morgan fingerprint density at radius 3 is 2.27 bits per heavy atom. The van der Waals surface area contributed by atoms with Crippen molar-refractivity contribution in [3.05, 3.63) is 59.1 Å². The molecule has 2 aromatic rings. The third-order valence-corrected chi connectivity index (χ3v) is 5.53. The van der Waals surface area contributed by atoms with E-state index in [-0.39, 0.29) is 23.7 Å². The monoisotopic (exact) mass is 450 g/mol. The molecule has 1 saturated heterocycles. The van der Waals surface area contributed by atoms with E-state index in [1.54, 1.807) is 17.0 Å². The number of amides is 2. The smallest absolute Gasteiger partial charge is 0.253 e. The quantitative estimate of drug-likeness (QED) is 0.699. The van der Waals surface area contributed by atoms with E-state index in [1.807, 2.05) is 24.3 Å². The van der Waals surface area contributed by atoms with Crippen LogP contribution in [-0.2, 0) is 14.8 Å². The van der Waals surface area contributed by atoms with Gasteiger partial charge in [0.25, 0.3) is 5.91 Å². The summed E-state index contributed by atoms with van der Waals surface area (Å²) in [6, 6.07) is 13.8. The van der Waals surface area contributed by atoms with Gasteiger partial charge in [-0.2, -0.15) is 0 Å². The highest BCUT2D eigenvalue weighted by atomic mass is 35.5. The van der Waals surface area contributed by atoms with Crippen molar-refractivity contribution in [3.63, 3.8) is 0 Å². The molecular formula is C20H23ClN4O4S. The van der Waals surface area contributed by atoms with Gasteiger partial charge in [0.15, 0.2) is 0 Å². The molecule has 2 N–H and O–H groups in total. The first-order valence-electron chi connectivity index (χ1n) is 9.36. The molecule has 8 nitrogen and oxygen atoms in total. The third-order valence-electron chi connectivity index (χ3n) is 4.69. The normalized spacial score (nSPS) is 14.3. The molecule has 1 aliphatic heterocycles. The maximum Gasteiger partial charge on any atom is 0.253 e. The van der Waals surface area contributed by atoms with Crippen LogP contribution in [0.1, 0.15) is 10.4 Å². The summed E-state index contributed by atoms with van der Waals surface area (Å²) >= 11 is 5.92. The topological polar surface area (TPSA) is 98.8 Å². The standard InChI is InChI=1S/C20H23ClN4O4S/c1-30(28,29)23-18-5-3-2-4-17(18)20(27)22-14-19(26)25-12-10-24(11-13-25)16-8-6-15(21)7-9-16/h2-9,23H,10-14H2,1H3,(H,22,27). The van der Waals surface area contributed by atoms with Gasteiger partial charge >= 0.3 is 0 Å². The predicted molar refractivity (Wildman–Crippen MR) is 117 cm³/mol. The molecule has 0 bridgehead atoms. The minimum absolute atomic E-state index is 0.156. The Morgan fingerprint density at radius 2 is 1.63 bits per heavy atom. The number of piperazine rings is 1. The summed E-state index contributed by atoms with van der Waals surface area (Å²) in [4.78, 5) is 28.8. The molecule has 1 aliphatic rings. The Hall–Kier alpha value is -2.78. The second-order valence-corrected chi connectivity index (χ2v) is 9.13. The summed E-state index contributed by atoms with van der Waals surface area (Å²) in [5.41, 5.74) is 1.37. The van der Waals surface area contributed by atoms with E-state index in [4.69, 9.17) is 11.6 Å². The lowest BCUT2D eigenvalue weighted by atomic mass is 10.1. The molecule has 0 aliphatic carbocycles. The number of hydrogen-bond donors (Lipinski definition) is 2. The third kappa shape index (κ3) is 5.87. The van der Waals surface area contributed by atoms with E-state index >= 15 is 0 Å². The van der Waals surface area contributed by atoms with E-state index in [1.165, 1.54) is 12.1 Å². The Morgan fingerprint density at radius 1 is 1.00 bits per heavy atom. The van der Waals surface area contributed by atoms with Gasteiger partial charge in [0.05, 0.1) is 24.1 Å².